The third kappa shape index (κ3) is 4.67. The fraction of sp³-hybridized carbons (Fsp3) is 0.500. The van der Waals surface area contributed by atoms with E-state index in [4.69, 9.17) is 15.7 Å². The quantitative estimate of drug-likeness (QED) is 0.783. The van der Waals surface area contributed by atoms with Crippen LogP contribution < -0.4 is 10.5 Å². The van der Waals surface area contributed by atoms with Crippen LogP contribution in [-0.2, 0) is 0 Å². The van der Waals surface area contributed by atoms with Gasteiger partial charge in [0.05, 0.1) is 19.1 Å². The number of nitriles is 1. The second-order valence-electron chi connectivity index (χ2n) is 5.21. The van der Waals surface area contributed by atoms with Crippen LogP contribution >= 0.6 is 0 Å². The van der Waals surface area contributed by atoms with E-state index in [0.29, 0.717) is 49.0 Å². The molecule has 1 aromatic rings. The van der Waals surface area contributed by atoms with Crippen molar-refractivity contribution >= 4 is 11.6 Å². The zero-order chi connectivity index (χ0) is 15.8. The molecule has 5 heteroatoms. The standard InChI is InChI=1S/C16H23N3O2/c1-4-21-14-8-5-7-13(18)15(14)16(20)19(10-6-9-17)11-12(2)3/h5,7-8,12H,4,6,10-11,18H2,1-3H3. The highest BCUT2D eigenvalue weighted by Gasteiger charge is 2.22. The van der Waals surface area contributed by atoms with Gasteiger partial charge in [-0.25, -0.2) is 0 Å². The molecular weight excluding hydrogens is 266 g/mol. The third-order valence-corrected chi connectivity index (χ3v) is 2.94. The molecule has 0 bridgehead atoms. The Morgan fingerprint density at radius 1 is 1.48 bits per heavy atom. The first-order chi connectivity index (χ1) is 10.0. The average Bonchev–Trinajstić information content (AvgIpc) is 2.43. The fourth-order valence-electron chi connectivity index (χ4n) is 2.11. The van der Waals surface area contributed by atoms with E-state index in [1.807, 2.05) is 20.8 Å². The summed E-state index contributed by atoms with van der Waals surface area (Å²) in [5.41, 5.74) is 6.74. The average molecular weight is 289 g/mol. The third-order valence-electron chi connectivity index (χ3n) is 2.94. The van der Waals surface area contributed by atoms with Gasteiger partial charge in [-0.15, -0.1) is 0 Å². The number of hydrogen-bond acceptors (Lipinski definition) is 4. The zero-order valence-corrected chi connectivity index (χ0v) is 12.9. The van der Waals surface area contributed by atoms with E-state index in [9.17, 15) is 4.79 Å². The van der Waals surface area contributed by atoms with Crippen LogP contribution in [-0.4, -0.2) is 30.5 Å². The number of carbonyl (C=O) groups excluding carboxylic acids is 1. The van der Waals surface area contributed by atoms with Gasteiger partial charge < -0.3 is 15.4 Å². The molecule has 0 aliphatic rings. The van der Waals surface area contributed by atoms with Gasteiger partial charge >= 0.3 is 0 Å². The van der Waals surface area contributed by atoms with Crippen LogP contribution in [0.15, 0.2) is 18.2 Å². The molecule has 0 fully saturated rings. The lowest BCUT2D eigenvalue weighted by atomic mass is 10.1. The van der Waals surface area contributed by atoms with Crippen molar-refractivity contribution in [3.63, 3.8) is 0 Å². The van der Waals surface area contributed by atoms with Gasteiger partial charge in [0.15, 0.2) is 0 Å². The number of nitrogen functional groups attached to an aromatic ring is 1. The number of ether oxygens (including phenoxy) is 1. The second-order valence-corrected chi connectivity index (χ2v) is 5.21. The minimum atomic E-state index is -0.180. The SMILES string of the molecule is CCOc1cccc(N)c1C(=O)N(CCC#N)CC(C)C. The van der Waals surface area contributed by atoms with Crippen LogP contribution in [0, 0.1) is 17.2 Å². The largest absolute Gasteiger partial charge is 0.493 e. The first-order valence-corrected chi connectivity index (χ1v) is 7.18. The number of rotatable bonds is 7. The highest BCUT2D eigenvalue weighted by molar-refractivity contribution is 6.01. The lowest BCUT2D eigenvalue weighted by Crippen LogP contribution is -2.35. The van der Waals surface area contributed by atoms with Gasteiger partial charge in [-0.2, -0.15) is 5.26 Å². The molecule has 5 nitrogen and oxygen atoms in total. The zero-order valence-electron chi connectivity index (χ0n) is 12.9. The molecule has 0 aromatic heterocycles. The minimum Gasteiger partial charge on any atom is -0.493 e. The molecule has 0 spiro atoms. The van der Waals surface area contributed by atoms with E-state index in [-0.39, 0.29) is 5.91 Å². The number of nitrogens with zero attached hydrogens (tertiary/aromatic N) is 2. The van der Waals surface area contributed by atoms with Gasteiger partial charge in [-0.3, -0.25) is 4.79 Å². The van der Waals surface area contributed by atoms with Crippen molar-refractivity contribution in [1.82, 2.24) is 4.90 Å². The highest BCUT2D eigenvalue weighted by Crippen LogP contribution is 2.26. The second kappa shape index (κ2) is 8.15. The Morgan fingerprint density at radius 2 is 2.19 bits per heavy atom. The maximum Gasteiger partial charge on any atom is 0.259 e. The Hall–Kier alpha value is -2.22. The molecular formula is C16H23N3O2. The summed E-state index contributed by atoms with van der Waals surface area (Å²) in [6.07, 6.45) is 0.301. The van der Waals surface area contributed by atoms with Crippen molar-refractivity contribution in [2.75, 3.05) is 25.4 Å². The van der Waals surface area contributed by atoms with Gasteiger partial charge in [0.1, 0.15) is 11.3 Å². The molecule has 0 aliphatic carbocycles. The van der Waals surface area contributed by atoms with Crippen molar-refractivity contribution in [3.8, 4) is 11.8 Å². The molecule has 1 rings (SSSR count). The molecule has 0 atom stereocenters. The Labute approximate surface area is 126 Å². The summed E-state index contributed by atoms with van der Waals surface area (Å²) in [5, 5.41) is 8.76. The van der Waals surface area contributed by atoms with Crippen molar-refractivity contribution in [2.45, 2.75) is 27.2 Å². The van der Waals surface area contributed by atoms with E-state index in [2.05, 4.69) is 6.07 Å². The number of benzene rings is 1. The normalized spacial score (nSPS) is 10.2. The molecule has 0 saturated heterocycles. The van der Waals surface area contributed by atoms with E-state index >= 15 is 0 Å². The summed E-state index contributed by atoms with van der Waals surface area (Å²) < 4.78 is 5.51. The number of carbonyl (C=O) groups is 1. The Morgan fingerprint density at radius 3 is 2.76 bits per heavy atom. The monoisotopic (exact) mass is 289 g/mol. The summed E-state index contributed by atoms with van der Waals surface area (Å²) in [5.74, 6) is 0.627. The topological polar surface area (TPSA) is 79.3 Å². The van der Waals surface area contributed by atoms with Crippen LogP contribution in [0.5, 0.6) is 5.75 Å². The van der Waals surface area contributed by atoms with Gasteiger partial charge in [-0.1, -0.05) is 19.9 Å². The summed E-state index contributed by atoms with van der Waals surface area (Å²) in [4.78, 5) is 14.4. The molecule has 0 radical (unpaired) electrons. The van der Waals surface area contributed by atoms with Crippen molar-refractivity contribution in [1.29, 1.82) is 5.26 Å². The number of nitrogens with two attached hydrogens (primary N) is 1. The molecule has 0 heterocycles. The number of hydrogen-bond donors (Lipinski definition) is 1. The maximum absolute atomic E-state index is 12.8. The smallest absolute Gasteiger partial charge is 0.259 e. The summed E-state index contributed by atoms with van der Waals surface area (Å²) in [6.45, 7) is 7.37. The maximum atomic E-state index is 12.8. The Bertz CT molecular complexity index is 521. The lowest BCUT2D eigenvalue weighted by Gasteiger charge is -2.25. The van der Waals surface area contributed by atoms with Gasteiger partial charge in [0, 0.05) is 18.8 Å². The number of amides is 1. The van der Waals surface area contributed by atoms with Crippen LogP contribution in [0.25, 0.3) is 0 Å². The van der Waals surface area contributed by atoms with Crippen LogP contribution in [0.1, 0.15) is 37.6 Å². The Kier molecular flexibility index (Phi) is 6.54. The first-order valence-electron chi connectivity index (χ1n) is 7.18. The van der Waals surface area contributed by atoms with E-state index < -0.39 is 0 Å². The lowest BCUT2D eigenvalue weighted by molar-refractivity contribution is 0.0737. The van der Waals surface area contributed by atoms with Crippen molar-refractivity contribution in [3.05, 3.63) is 23.8 Å². The summed E-state index contributed by atoms with van der Waals surface area (Å²) in [7, 11) is 0. The predicted molar refractivity (Wildman–Crippen MR) is 83.0 cm³/mol. The van der Waals surface area contributed by atoms with Gasteiger partial charge in [0.2, 0.25) is 0 Å². The molecule has 0 aliphatic heterocycles. The molecule has 0 saturated carbocycles. The molecule has 1 amide bonds. The van der Waals surface area contributed by atoms with Gasteiger partial charge in [0.25, 0.3) is 5.91 Å². The van der Waals surface area contributed by atoms with E-state index in [0.717, 1.165) is 0 Å². The highest BCUT2D eigenvalue weighted by atomic mass is 16.5. The first kappa shape index (κ1) is 16.8. The minimum absolute atomic E-state index is 0.180. The van der Waals surface area contributed by atoms with Crippen LogP contribution in [0.2, 0.25) is 0 Å². The fourth-order valence-corrected chi connectivity index (χ4v) is 2.11. The van der Waals surface area contributed by atoms with Gasteiger partial charge in [-0.05, 0) is 25.0 Å². The molecule has 21 heavy (non-hydrogen) atoms. The molecule has 1 aromatic carbocycles. The molecule has 0 unspecified atom stereocenters. The van der Waals surface area contributed by atoms with Crippen LogP contribution in [0.3, 0.4) is 0 Å². The molecule has 114 valence electrons. The van der Waals surface area contributed by atoms with Crippen molar-refractivity contribution < 1.29 is 9.53 Å². The predicted octanol–water partition coefficient (Wildman–Crippen LogP) is 2.68. The van der Waals surface area contributed by atoms with Crippen molar-refractivity contribution in [2.24, 2.45) is 5.92 Å². The summed E-state index contributed by atoms with van der Waals surface area (Å²) in [6, 6.07) is 7.27. The Balaban J connectivity index is 3.10. The van der Waals surface area contributed by atoms with E-state index in [1.165, 1.54) is 0 Å². The summed E-state index contributed by atoms with van der Waals surface area (Å²) >= 11 is 0. The van der Waals surface area contributed by atoms with Crippen LogP contribution in [0.4, 0.5) is 5.69 Å². The van der Waals surface area contributed by atoms with E-state index in [1.54, 1.807) is 23.1 Å². The molecule has 2 N–H and O–H groups in total. The number of anilines is 1.